The molecule has 0 radical (unpaired) electrons. The molecule has 0 bridgehead atoms. The first kappa shape index (κ1) is 12.9. The van der Waals surface area contributed by atoms with Gasteiger partial charge in [0, 0.05) is 21.2 Å². The smallest absolute Gasteiger partial charge is 0.128 e. The molecule has 0 spiro atoms. The van der Waals surface area contributed by atoms with Gasteiger partial charge in [-0.2, -0.15) is 5.26 Å². The van der Waals surface area contributed by atoms with Crippen molar-refractivity contribution in [2.75, 3.05) is 0 Å². The van der Waals surface area contributed by atoms with E-state index in [-0.39, 0.29) is 6.42 Å². The van der Waals surface area contributed by atoms with E-state index in [2.05, 4.69) is 0 Å². The molecular formula is C14H8Cl2FN. The molecule has 0 N–H and O–H groups in total. The van der Waals surface area contributed by atoms with Crippen LogP contribution in [0.3, 0.4) is 0 Å². The van der Waals surface area contributed by atoms with Crippen LogP contribution in [0, 0.1) is 17.1 Å². The fourth-order valence-electron chi connectivity index (χ4n) is 1.66. The largest absolute Gasteiger partial charge is 0.207 e. The zero-order valence-corrected chi connectivity index (χ0v) is 10.8. The maximum atomic E-state index is 13.7. The molecule has 2 aromatic carbocycles. The predicted octanol–water partition coefficient (Wildman–Crippen LogP) is 4.87. The van der Waals surface area contributed by atoms with Gasteiger partial charge in [-0.1, -0.05) is 35.3 Å². The molecule has 4 heteroatoms. The van der Waals surface area contributed by atoms with Crippen LogP contribution in [0.25, 0.3) is 11.1 Å². The monoisotopic (exact) mass is 279 g/mol. The molecule has 0 saturated heterocycles. The Kier molecular flexibility index (Phi) is 3.86. The lowest BCUT2D eigenvalue weighted by molar-refractivity contribution is 0.616. The third-order valence-corrected chi connectivity index (χ3v) is 3.13. The van der Waals surface area contributed by atoms with E-state index in [9.17, 15) is 4.39 Å². The average molecular weight is 280 g/mol. The number of halogens is 3. The van der Waals surface area contributed by atoms with Gasteiger partial charge in [-0.25, -0.2) is 4.39 Å². The zero-order chi connectivity index (χ0) is 13.1. The van der Waals surface area contributed by atoms with E-state index >= 15 is 0 Å². The summed E-state index contributed by atoms with van der Waals surface area (Å²) in [5, 5.41) is 9.60. The number of nitrogens with zero attached hydrogens (tertiary/aromatic N) is 1. The minimum atomic E-state index is -0.412. The van der Waals surface area contributed by atoms with Crippen LogP contribution in [0.2, 0.25) is 10.0 Å². The molecule has 2 aromatic rings. The summed E-state index contributed by atoms with van der Waals surface area (Å²) in [6.07, 6.45) is 0.0510. The van der Waals surface area contributed by atoms with Crippen molar-refractivity contribution in [2.24, 2.45) is 0 Å². The van der Waals surface area contributed by atoms with Crippen LogP contribution in [0.1, 0.15) is 5.56 Å². The van der Waals surface area contributed by atoms with Crippen molar-refractivity contribution in [3.63, 3.8) is 0 Å². The van der Waals surface area contributed by atoms with Crippen LogP contribution >= 0.6 is 23.2 Å². The highest BCUT2D eigenvalue weighted by molar-refractivity contribution is 6.35. The summed E-state index contributed by atoms with van der Waals surface area (Å²) in [5.74, 6) is -0.412. The quantitative estimate of drug-likeness (QED) is 0.770. The summed E-state index contributed by atoms with van der Waals surface area (Å²) in [7, 11) is 0. The van der Waals surface area contributed by atoms with E-state index in [1.54, 1.807) is 30.3 Å². The van der Waals surface area contributed by atoms with Gasteiger partial charge >= 0.3 is 0 Å². The van der Waals surface area contributed by atoms with Crippen molar-refractivity contribution < 1.29 is 4.39 Å². The van der Waals surface area contributed by atoms with Crippen LogP contribution in [0.4, 0.5) is 4.39 Å². The van der Waals surface area contributed by atoms with Gasteiger partial charge in [0.05, 0.1) is 12.5 Å². The van der Waals surface area contributed by atoms with Gasteiger partial charge in [0.2, 0.25) is 0 Å². The second kappa shape index (κ2) is 5.39. The second-order valence-corrected chi connectivity index (χ2v) is 4.61. The van der Waals surface area contributed by atoms with Gasteiger partial charge in [-0.05, 0) is 29.8 Å². The van der Waals surface area contributed by atoms with Gasteiger partial charge < -0.3 is 0 Å². The first-order chi connectivity index (χ1) is 8.61. The van der Waals surface area contributed by atoms with Crippen molar-refractivity contribution in [1.82, 2.24) is 0 Å². The van der Waals surface area contributed by atoms with E-state index in [0.29, 0.717) is 26.7 Å². The maximum absolute atomic E-state index is 13.7. The molecule has 0 saturated carbocycles. The molecule has 0 aliphatic carbocycles. The first-order valence-electron chi connectivity index (χ1n) is 5.22. The Morgan fingerprint density at radius 2 is 1.89 bits per heavy atom. The summed E-state index contributed by atoms with van der Waals surface area (Å²) in [6, 6.07) is 11.6. The molecular weight excluding hydrogens is 272 g/mol. The van der Waals surface area contributed by atoms with Gasteiger partial charge in [0.25, 0.3) is 0 Å². The zero-order valence-electron chi connectivity index (χ0n) is 9.25. The van der Waals surface area contributed by atoms with Crippen LogP contribution in [0.15, 0.2) is 36.4 Å². The van der Waals surface area contributed by atoms with Crippen molar-refractivity contribution in [3.05, 3.63) is 57.8 Å². The fourth-order valence-corrected chi connectivity index (χ4v) is 2.06. The molecule has 0 amide bonds. The molecule has 1 nitrogen and oxygen atoms in total. The van der Waals surface area contributed by atoms with E-state index in [1.807, 2.05) is 6.07 Å². The number of nitriles is 1. The molecule has 0 heterocycles. The van der Waals surface area contributed by atoms with Crippen molar-refractivity contribution in [1.29, 1.82) is 5.26 Å². The molecule has 0 aliphatic heterocycles. The molecule has 90 valence electrons. The molecule has 0 atom stereocenters. The number of hydrogen-bond acceptors (Lipinski definition) is 1. The SMILES string of the molecule is N#CCc1ccc(-c2cc(Cl)ccc2Cl)cc1F. The topological polar surface area (TPSA) is 23.8 Å². The molecule has 18 heavy (non-hydrogen) atoms. The van der Waals surface area contributed by atoms with Gasteiger partial charge in [-0.15, -0.1) is 0 Å². The summed E-state index contributed by atoms with van der Waals surface area (Å²) in [6.45, 7) is 0. The van der Waals surface area contributed by atoms with Crippen LogP contribution in [-0.4, -0.2) is 0 Å². The third-order valence-electron chi connectivity index (χ3n) is 2.56. The Bertz CT molecular complexity index is 632. The molecule has 2 rings (SSSR count). The Balaban J connectivity index is 2.49. The van der Waals surface area contributed by atoms with Gasteiger partial charge in [0.1, 0.15) is 5.82 Å². The lowest BCUT2D eigenvalue weighted by Crippen LogP contribution is -1.90. The summed E-state index contributed by atoms with van der Waals surface area (Å²) < 4.78 is 13.7. The van der Waals surface area contributed by atoms with E-state index < -0.39 is 5.82 Å². The Morgan fingerprint density at radius 1 is 1.11 bits per heavy atom. The van der Waals surface area contributed by atoms with Crippen molar-refractivity contribution in [2.45, 2.75) is 6.42 Å². The average Bonchev–Trinajstić information content (AvgIpc) is 2.35. The minimum Gasteiger partial charge on any atom is -0.207 e. The highest BCUT2D eigenvalue weighted by Gasteiger charge is 2.08. The minimum absolute atomic E-state index is 0.0510. The van der Waals surface area contributed by atoms with Crippen molar-refractivity contribution >= 4 is 23.2 Å². The second-order valence-electron chi connectivity index (χ2n) is 3.77. The standard InChI is InChI=1S/C14H8Cl2FN/c15-11-3-4-13(16)12(8-11)10-2-1-9(5-6-18)14(17)7-10/h1-4,7-8H,5H2. The lowest BCUT2D eigenvalue weighted by Gasteiger charge is -2.07. The number of benzene rings is 2. The molecule has 0 aromatic heterocycles. The van der Waals surface area contributed by atoms with E-state index in [0.717, 1.165) is 0 Å². The highest BCUT2D eigenvalue weighted by atomic mass is 35.5. The molecule has 0 fully saturated rings. The van der Waals surface area contributed by atoms with Crippen LogP contribution in [0.5, 0.6) is 0 Å². The normalized spacial score (nSPS) is 10.1. The number of hydrogen-bond donors (Lipinski definition) is 0. The van der Waals surface area contributed by atoms with Gasteiger partial charge in [0.15, 0.2) is 0 Å². The maximum Gasteiger partial charge on any atom is 0.128 e. The third kappa shape index (κ3) is 2.64. The summed E-state index contributed by atoms with van der Waals surface area (Å²) in [4.78, 5) is 0. The fraction of sp³-hybridized carbons (Fsp3) is 0.0714. The lowest BCUT2D eigenvalue weighted by atomic mass is 10.0. The Labute approximate surface area is 114 Å². The highest BCUT2D eigenvalue weighted by Crippen LogP contribution is 2.31. The summed E-state index contributed by atoms with van der Waals surface area (Å²) in [5.41, 5.74) is 1.69. The van der Waals surface area contributed by atoms with Crippen LogP contribution < -0.4 is 0 Å². The predicted molar refractivity (Wildman–Crippen MR) is 71.2 cm³/mol. The van der Waals surface area contributed by atoms with E-state index in [1.165, 1.54) is 6.07 Å². The van der Waals surface area contributed by atoms with Gasteiger partial charge in [-0.3, -0.25) is 0 Å². The Morgan fingerprint density at radius 3 is 2.56 bits per heavy atom. The van der Waals surface area contributed by atoms with Crippen LogP contribution in [-0.2, 0) is 6.42 Å². The summed E-state index contributed by atoms with van der Waals surface area (Å²) >= 11 is 11.9. The first-order valence-corrected chi connectivity index (χ1v) is 5.98. The molecule has 0 aliphatic rings. The van der Waals surface area contributed by atoms with Crippen molar-refractivity contribution in [3.8, 4) is 17.2 Å². The number of rotatable bonds is 2. The Hall–Kier alpha value is -1.56. The van der Waals surface area contributed by atoms with E-state index in [4.69, 9.17) is 28.5 Å². The molecule has 0 unspecified atom stereocenters.